The van der Waals surface area contributed by atoms with Crippen LogP contribution in [0.25, 0.3) is 21.3 Å². The lowest BCUT2D eigenvalue weighted by molar-refractivity contribution is 0.256. The van der Waals surface area contributed by atoms with Gasteiger partial charge >= 0.3 is 6.03 Å². The summed E-state index contributed by atoms with van der Waals surface area (Å²) in [5.74, 6) is 1.01. The second kappa shape index (κ2) is 7.40. The van der Waals surface area contributed by atoms with Gasteiger partial charge in [-0.2, -0.15) is 0 Å². The number of nitrogen functional groups attached to an aromatic ring is 1. The van der Waals surface area contributed by atoms with E-state index in [0.29, 0.717) is 22.9 Å². The number of ether oxygens (including phenoxy) is 1. The van der Waals surface area contributed by atoms with Crippen molar-refractivity contribution in [2.45, 2.75) is 6.92 Å². The molecule has 2 aromatic carbocycles. The van der Waals surface area contributed by atoms with Crippen LogP contribution >= 0.6 is 11.3 Å². The number of thiophene rings is 1. The molecule has 2 aromatic heterocycles. The largest absolute Gasteiger partial charge is 0.495 e. The number of anilines is 3. The van der Waals surface area contributed by atoms with Gasteiger partial charge in [0, 0.05) is 10.4 Å². The first kappa shape index (κ1) is 18.7. The molecule has 7 nitrogen and oxygen atoms in total. The van der Waals surface area contributed by atoms with Crippen molar-refractivity contribution in [3.8, 4) is 16.9 Å². The van der Waals surface area contributed by atoms with Gasteiger partial charge in [0.05, 0.1) is 23.9 Å². The van der Waals surface area contributed by atoms with E-state index < -0.39 is 6.03 Å². The van der Waals surface area contributed by atoms with Crippen molar-refractivity contribution in [1.82, 2.24) is 9.97 Å². The summed E-state index contributed by atoms with van der Waals surface area (Å²) in [6, 6.07) is 14.2. The third-order valence-corrected chi connectivity index (χ3v) is 5.67. The minimum atomic E-state index is -0.600. The number of carbonyl (C=O) groups is 1. The third-order valence-electron chi connectivity index (χ3n) is 4.65. The lowest BCUT2D eigenvalue weighted by atomic mass is 10.0. The van der Waals surface area contributed by atoms with Gasteiger partial charge in [-0.1, -0.05) is 24.3 Å². The van der Waals surface area contributed by atoms with Crippen LogP contribution in [-0.4, -0.2) is 23.1 Å². The van der Waals surface area contributed by atoms with Crippen molar-refractivity contribution in [2.75, 3.05) is 17.7 Å². The van der Waals surface area contributed by atoms with Crippen LogP contribution in [0, 0.1) is 6.92 Å². The lowest BCUT2D eigenvalue weighted by Crippen LogP contribution is -2.31. The molecule has 0 bridgehead atoms. The fourth-order valence-corrected chi connectivity index (χ4v) is 4.41. The van der Waals surface area contributed by atoms with Gasteiger partial charge in [-0.3, -0.25) is 4.90 Å². The quantitative estimate of drug-likeness (QED) is 0.521. The van der Waals surface area contributed by atoms with E-state index in [1.807, 2.05) is 43.3 Å². The van der Waals surface area contributed by atoms with Gasteiger partial charge in [0.1, 0.15) is 22.7 Å². The number of methoxy groups -OCH3 is 1. The predicted molar refractivity (Wildman–Crippen MR) is 117 cm³/mol. The lowest BCUT2D eigenvalue weighted by Gasteiger charge is -2.23. The van der Waals surface area contributed by atoms with Gasteiger partial charge in [0.2, 0.25) is 0 Å². The van der Waals surface area contributed by atoms with Crippen molar-refractivity contribution in [1.29, 1.82) is 0 Å². The number of para-hydroxylation sites is 2. The molecule has 4 rings (SSSR count). The van der Waals surface area contributed by atoms with Crippen molar-refractivity contribution >= 4 is 44.8 Å². The summed E-state index contributed by atoms with van der Waals surface area (Å²) in [7, 11) is 1.55. The standard InChI is InChI=1S/C21H19N5O2S/c1-12-17(18-19(22)24-11-25-20(18)29-12)13-7-9-14(10-8-13)26(21(23)27)15-5-3-4-6-16(15)28-2/h3-11H,1-2H3,(H2,23,27)(H2,22,24,25). The zero-order chi connectivity index (χ0) is 20.5. The number of urea groups is 1. The smallest absolute Gasteiger partial charge is 0.324 e. The Morgan fingerprint density at radius 1 is 1.10 bits per heavy atom. The molecule has 0 spiro atoms. The third kappa shape index (κ3) is 3.23. The molecule has 2 amide bonds. The highest BCUT2D eigenvalue weighted by atomic mass is 32.1. The number of fused-ring (bicyclic) bond motifs is 1. The number of hydrogen-bond acceptors (Lipinski definition) is 6. The maximum atomic E-state index is 12.2. The van der Waals surface area contributed by atoms with E-state index in [4.69, 9.17) is 16.2 Å². The Balaban J connectivity index is 1.80. The number of nitrogens with zero attached hydrogens (tertiary/aromatic N) is 3. The van der Waals surface area contributed by atoms with Crippen LogP contribution in [0.5, 0.6) is 5.75 Å². The number of nitrogens with two attached hydrogens (primary N) is 2. The molecule has 0 aliphatic heterocycles. The zero-order valence-electron chi connectivity index (χ0n) is 15.9. The van der Waals surface area contributed by atoms with Crippen LogP contribution in [0.15, 0.2) is 54.9 Å². The number of aromatic nitrogens is 2. The number of carbonyl (C=O) groups excluding carboxylic acids is 1. The minimum Gasteiger partial charge on any atom is -0.495 e. The fourth-order valence-electron chi connectivity index (χ4n) is 3.39. The van der Waals surface area contributed by atoms with Crippen molar-refractivity contribution in [2.24, 2.45) is 5.73 Å². The molecule has 2 heterocycles. The summed E-state index contributed by atoms with van der Waals surface area (Å²) in [4.78, 5) is 24.0. The van der Waals surface area contributed by atoms with E-state index in [9.17, 15) is 4.79 Å². The number of amides is 2. The van der Waals surface area contributed by atoms with Gasteiger partial charge in [0.25, 0.3) is 0 Å². The zero-order valence-corrected chi connectivity index (χ0v) is 16.7. The molecule has 0 fully saturated rings. The van der Waals surface area contributed by atoms with Crippen LogP contribution in [-0.2, 0) is 0 Å². The molecule has 146 valence electrons. The maximum absolute atomic E-state index is 12.2. The van der Waals surface area contributed by atoms with E-state index in [1.165, 1.54) is 11.2 Å². The highest BCUT2D eigenvalue weighted by Crippen LogP contribution is 2.40. The molecule has 0 unspecified atom stereocenters. The number of benzene rings is 2. The molecule has 0 aliphatic carbocycles. The van der Waals surface area contributed by atoms with Gasteiger partial charge in [-0.05, 0) is 36.8 Å². The van der Waals surface area contributed by atoms with E-state index in [0.717, 1.165) is 26.2 Å². The molecule has 29 heavy (non-hydrogen) atoms. The SMILES string of the molecule is COc1ccccc1N(C(N)=O)c1ccc(-c2c(C)sc3ncnc(N)c23)cc1. The van der Waals surface area contributed by atoms with Gasteiger partial charge in [-0.15, -0.1) is 11.3 Å². The molecule has 4 N–H and O–H groups in total. The molecular formula is C21H19N5O2S. The molecule has 8 heteroatoms. The molecule has 0 aliphatic rings. The monoisotopic (exact) mass is 405 g/mol. The minimum absolute atomic E-state index is 0.450. The van der Waals surface area contributed by atoms with Gasteiger partial charge in [-0.25, -0.2) is 14.8 Å². The first-order chi connectivity index (χ1) is 14.0. The first-order valence-electron chi connectivity index (χ1n) is 8.84. The summed E-state index contributed by atoms with van der Waals surface area (Å²) in [6.45, 7) is 2.03. The summed E-state index contributed by atoms with van der Waals surface area (Å²) < 4.78 is 5.38. The topological polar surface area (TPSA) is 107 Å². The van der Waals surface area contributed by atoms with E-state index in [2.05, 4.69) is 9.97 Å². The van der Waals surface area contributed by atoms with Crippen molar-refractivity contribution in [3.05, 3.63) is 59.7 Å². The Bertz CT molecular complexity index is 1200. The van der Waals surface area contributed by atoms with E-state index in [-0.39, 0.29) is 0 Å². The van der Waals surface area contributed by atoms with Gasteiger partial charge in [0.15, 0.2) is 0 Å². The van der Waals surface area contributed by atoms with E-state index >= 15 is 0 Å². The second-order valence-corrected chi connectivity index (χ2v) is 7.57. The Morgan fingerprint density at radius 2 is 1.83 bits per heavy atom. The summed E-state index contributed by atoms with van der Waals surface area (Å²) >= 11 is 1.57. The fraction of sp³-hybridized carbons (Fsp3) is 0.0952. The van der Waals surface area contributed by atoms with Crippen LogP contribution in [0.2, 0.25) is 0 Å². The molecule has 0 saturated carbocycles. The number of primary amides is 1. The average molecular weight is 405 g/mol. The number of aryl methyl sites for hydroxylation is 1. The maximum Gasteiger partial charge on any atom is 0.324 e. The Kier molecular flexibility index (Phi) is 4.77. The van der Waals surface area contributed by atoms with Crippen LogP contribution in [0.3, 0.4) is 0 Å². The Labute approximate surface area is 171 Å². The predicted octanol–water partition coefficient (Wildman–Crippen LogP) is 4.47. The Hall–Kier alpha value is -3.65. The van der Waals surface area contributed by atoms with Crippen LogP contribution in [0.4, 0.5) is 22.0 Å². The molecule has 0 radical (unpaired) electrons. The molecule has 0 saturated heterocycles. The van der Waals surface area contributed by atoms with Crippen LogP contribution in [0.1, 0.15) is 4.88 Å². The molecular weight excluding hydrogens is 386 g/mol. The summed E-state index contributed by atoms with van der Waals surface area (Å²) in [6.07, 6.45) is 1.47. The number of rotatable bonds is 4. The summed E-state index contributed by atoms with van der Waals surface area (Å²) in [5, 5.41) is 0.847. The van der Waals surface area contributed by atoms with Crippen LogP contribution < -0.4 is 21.1 Å². The first-order valence-corrected chi connectivity index (χ1v) is 9.65. The number of hydrogen-bond donors (Lipinski definition) is 2. The summed E-state index contributed by atoms with van der Waals surface area (Å²) in [5.41, 5.74) is 14.9. The van der Waals surface area contributed by atoms with Crippen molar-refractivity contribution < 1.29 is 9.53 Å². The Morgan fingerprint density at radius 3 is 2.52 bits per heavy atom. The highest BCUT2D eigenvalue weighted by Gasteiger charge is 2.20. The average Bonchev–Trinajstić information content (AvgIpc) is 3.06. The highest BCUT2D eigenvalue weighted by molar-refractivity contribution is 7.19. The van der Waals surface area contributed by atoms with E-state index in [1.54, 1.807) is 30.6 Å². The van der Waals surface area contributed by atoms with Crippen molar-refractivity contribution in [3.63, 3.8) is 0 Å². The second-order valence-electron chi connectivity index (χ2n) is 6.36. The molecule has 4 aromatic rings. The van der Waals surface area contributed by atoms with Gasteiger partial charge < -0.3 is 16.2 Å². The molecule has 0 atom stereocenters. The normalized spacial score (nSPS) is 10.8.